The zero-order valence-electron chi connectivity index (χ0n) is 13.6. The first kappa shape index (κ1) is 16.4. The monoisotopic (exact) mass is 337 g/mol. The van der Waals surface area contributed by atoms with Crippen molar-refractivity contribution in [3.05, 3.63) is 23.8 Å². The predicted molar refractivity (Wildman–Crippen MR) is 89.5 cm³/mol. The lowest BCUT2D eigenvalue weighted by Gasteiger charge is -2.32. The van der Waals surface area contributed by atoms with Gasteiger partial charge in [-0.3, -0.25) is 9.69 Å². The fourth-order valence-corrected chi connectivity index (χ4v) is 3.92. The van der Waals surface area contributed by atoms with Crippen molar-refractivity contribution in [1.29, 1.82) is 0 Å². The Morgan fingerprint density at radius 3 is 2.83 bits per heavy atom. The van der Waals surface area contributed by atoms with Crippen molar-refractivity contribution in [3.63, 3.8) is 0 Å². The maximum Gasteiger partial charge on any atom is 0.241 e. The second-order valence-corrected chi connectivity index (χ2v) is 8.46. The van der Waals surface area contributed by atoms with E-state index in [2.05, 4.69) is 17.1 Å². The minimum absolute atomic E-state index is 0.0449. The Morgan fingerprint density at radius 1 is 1.35 bits per heavy atom. The minimum atomic E-state index is -3.26. The summed E-state index contributed by atoms with van der Waals surface area (Å²) in [7, 11) is -3.26. The average Bonchev–Trinajstić information content (AvgIpc) is 2.89. The van der Waals surface area contributed by atoms with Crippen molar-refractivity contribution in [2.75, 3.05) is 43.9 Å². The van der Waals surface area contributed by atoms with E-state index in [1.807, 2.05) is 6.07 Å². The topological polar surface area (TPSA) is 69.7 Å². The van der Waals surface area contributed by atoms with Gasteiger partial charge in [0.15, 0.2) is 9.84 Å². The summed E-state index contributed by atoms with van der Waals surface area (Å²) in [5, 5.41) is 3.36. The maximum atomic E-state index is 12.7. The Balaban J connectivity index is 1.77. The van der Waals surface area contributed by atoms with Gasteiger partial charge in [0, 0.05) is 44.2 Å². The smallest absolute Gasteiger partial charge is 0.241 e. The van der Waals surface area contributed by atoms with Crippen molar-refractivity contribution in [3.8, 4) is 0 Å². The second kappa shape index (κ2) is 6.22. The predicted octanol–water partition coefficient (Wildman–Crippen LogP) is 0.273. The summed E-state index contributed by atoms with van der Waals surface area (Å²) < 4.78 is 23.5. The van der Waals surface area contributed by atoms with Gasteiger partial charge in [0.1, 0.15) is 0 Å². The van der Waals surface area contributed by atoms with Gasteiger partial charge in [-0.25, -0.2) is 8.42 Å². The van der Waals surface area contributed by atoms with Crippen LogP contribution in [0.5, 0.6) is 0 Å². The summed E-state index contributed by atoms with van der Waals surface area (Å²) in [4.78, 5) is 16.8. The molecule has 1 unspecified atom stereocenters. The minimum Gasteiger partial charge on any atom is -0.312 e. The van der Waals surface area contributed by atoms with Crippen LogP contribution in [0.25, 0.3) is 0 Å². The van der Waals surface area contributed by atoms with Crippen LogP contribution < -0.4 is 10.2 Å². The molecule has 6 nitrogen and oxygen atoms in total. The number of nitrogens with one attached hydrogen (secondary N) is 1. The van der Waals surface area contributed by atoms with Crippen molar-refractivity contribution < 1.29 is 13.2 Å². The van der Waals surface area contributed by atoms with Crippen LogP contribution in [0.15, 0.2) is 23.1 Å². The molecule has 0 radical (unpaired) electrons. The molecule has 0 aromatic heterocycles. The van der Waals surface area contributed by atoms with Crippen LogP contribution in [0.1, 0.15) is 12.5 Å². The fourth-order valence-electron chi connectivity index (χ4n) is 3.28. The molecular weight excluding hydrogens is 314 g/mol. The number of anilines is 1. The Hall–Kier alpha value is -1.44. The van der Waals surface area contributed by atoms with E-state index >= 15 is 0 Å². The van der Waals surface area contributed by atoms with E-state index in [4.69, 9.17) is 0 Å². The van der Waals surface area contributed by atoms with E-state index in [0.29, 0.717) is 19.1 Å². The molecule has 1 atom stereocenters. The lowest BCUT2D eigenvalue weighted by atomic mass is 10.2. The summed E-state index contributed by atoms with van der Waals surface area (Å²) in [5.41, 5.74) is 1.79. The molecular formula is C16H23N3O3S. The highest BCUT2D eigenvalue weighted by Crippen LogP contribution is 2.30. The van der Waals surface area contributed by atoms with Crippen LogP contribution >= 0.6 is 0 Å². The van der Waals surface area contributed by atoms with E-state index < -0.39 is 9.84 Å². The van der Waals surface area contributed by atoms with E-state index in [0.717, 1.165) is 37.3 Å². The lowest BCUT2D eigenvalue weighted by molar-refractivity contribution is -0.119. The molecule has 0 spiro atoms. The lowest BCUT2D eigenvalue weighted by Crippen LogP contribution is -2.52. The number of hydrogen-bond donors (Lipinski definition) is 1. The van der Waals surface area contributed by atoms with Crippen molar-refractivity contribution >= 4 is 21.4 Å². The zero-order valence-corrected chi connectivity index (χ0v) is 14.4. The number of piperazine rings is 1. The zero-order chi connectivity index (χ0) is 16.6. The highest BCUT2D eigenvalue weighted by Gasteiger charge is 2.28. The number of carbonyl (C=O) groups excluding carboxylic acids is 1. The molecule has 0 bridgehead atoms. The van der Waals surface area contributed by atoms with Crippen LogP contribution in [-0.4, -0.2) is 64.2 Å². The highest BCUT2D eigenvalue weighted by molar-refractivity contribution is 7.90. The van der Waals surface area contributed by atoms with Crippen molar-refractivity contribution in [1.82, 2.24) is 10.2 Å². The normalized spacial score (nSPS) is 22.2. The van der Waals surface area contributed by atoms with Crippen LogP contribution in [0.3, 0.4) is 0 Å². The Morgan fingerprint density at radius 2 is 2.13 bits per heavy atom. The fraction of sp³-hybridized carbons (Fsp3) is 0.562. The first-order valence-electron chi connectivity index (χ1n) is 7.93. The molecule has 1 aromatic rings. The molecule has 0 aliphatic carbocycles. The van der Waals surface area contributed by atoms with Crippen LogP contribution in [0.2, 0.25) is 0 Å². The molecule has 126 valence electrons. The molecule has 1 aromatic carbocycles. The molecule has 2 heterocycles. The molecule has 1 fully saturated rings. The second-order valence-electron chi connectivity index (χ2n) is 6.45. The molecule has 3 rings (SSSR count). The third-order valence-corrected chi connectivity index (χ3v) is 5.60. The standard InChI is InChI=1S/C16H23N3O3S/c1-12-10-18(8-6-17-12)11-16(20)19-7-5-13-3-4-14(9-15(13)19)23(2,21)22/h3-4,9,12,17H,5-8,10-11H2,1-2H3. The third-order valence-electron chi connectivity index (χ3n) is 4.49. The number of carbonyl (C=O) groups is 1. The summed E-state index contributed by atoms with van der Waals surface area (Å²) >= 11 is 0. The SMILES string of the molecule is CC1CN(CC(=O)N2CCc3ccc(S(C)(=O)=O)cc32)CCN1. The first-order chi connectivity index (χ1) is 10.8. The number of fused-ring (bicyclic) bond motifs is 1. The van der Waals surface area contributed by atoms with E-state index in [9.17, 15) is 13.2 Å². The van der Waals surface area contributed by atoms with Gasteiger partial charge in [-0.2, -0.15) is 0 Å². The maximum absolute atomic E-state index is 12.7. The molecule has 1 saturated heterocycles. The molecule has 1 N–H and O–H groups in total. The van der Waals surface area contributed by atoms with Gasteiger partial charge in [-0.15, -0.1) is 0 Å². The number of amides is 1. The van der Waals surface area contributed by atoms with Gasteiger partial charge in [0.25, 0.3) is 0 Å². The summed E-state index contributed by atoms with van der Waals surface area (Å²) in [6.07, 6.45) is 1.97. The molecule has 1 amide bonds. The van der Waals surface area contributed by atoms with Gasteiger partial charge < -0.3 is 10.2 Å². The van der Waals surface area contributed by atoms with Gasteiger partial charge in [0.2, 0.25) is 5.91 Å². The Bertz CT molecular complexity index is 717. The number of benzene rings is 1. The molecule has 2 aliphatic rings. The van der Waals surface area contributed by atoms with Gasteiger partial charge >= 0.3 is 0 Å². The Labute approximate surface area is 137 Å². The van der Waals surface area contributed by atoms with Crippen LogP contribution in [0, 0.1) is 0 Å². The number of hydrogen-bond acceptors (Lipinski definition) is 5. The summed E-state index contributed by atoms with van der Waals surface area (Å²) in [6, 6.07) is 5.47. The van der Waals surface area contributed by atoms with E-state index in [-0.39, 0.29) is 10.8 Å². The molecule has 2 aliphatic heterocycles. The molecule has 7 heteroatoms. The Kier molecular flexibility index (Phi) is 4.44. The van der Waals surface area contributed by atoms with Crippen molar-refractivity contribution in [2.24, 2.45) is 0 Å². The van der Waals surface area contributed by atoms with Crippen LogP contribution in [0.4, 0.5) is 5.69 Å². The summed E-state index contributed by atoms with van der Waals surface area (Å²) in [6.45, 7) is 5.73. The molecule has 23 heavy (non-hydrogen) atoms. The highest BCUT2D eigenvalue weighted by atomic mass is 32.2. The van der Waals surface area contributed by atoms with Gasteiger partial charge in [-0.1, -0.05) is 6.07 Å². The number of sulfone groups is 1. The quantitative estimate of drug-likeness (QED) is 0.858. The first-order valence-corrected chi connectivity index (χ1v) is 9.83. The summed E-state index contributed by atoms with van der Waals surface area (Å²) in [5.74, 6) is 0.0449. The van der Waals surface area contributed by atoms with Crippen LogP contribution in [-0.2, 0) is 21.1 Å². The number of rotatable bonds is 3. The van der Waals surface area contributed by atoms with E-state index in [1.165, 1.54) is 6.26 Å². The average molecular weight is 337 g/mol. The third kappa shape index (κ3) is 3.57. The molecule has 0 saturated carbocycles. The van der Waals surface area contributed by atoms with Gasteiger partial charge in [-0.05, 0) is 31.0 Å². The largest absolute Gasteiger partial charge is 0.312 e. The van der Waals surface area contributed by atoms with Gasteiger partial charge in [0.05, 0.1) is 11.4 Å². The van der Waals surface area contributed by atoms with Crippen molar-refractivity contribution in [2.45, 2.75) is 24.3 Å². The number of nitrogens with zero attached hydrogens (tertiary/aromatic N) is 2. The van der Waals surface area contributed by atoms with E-state index in [1.54, 1.807) is 17.0 Å².